The molecule has 1 heterocycles. The van der Waals surface area contributed by atoms with Gasteiger partial charge < -0.3 is 19.7 Å². The third-order valence-corrected chi connectivity index (χ3v) is 4.99. The summed E-state index contributed by atoms with van der Waals surface area (Å²) in [5.41, 5.74) is 1.59. The second-order valence-electron chi connectivity index (χ2n) is 6.59. The lowest BCUT2D eigenvalue weighted by Gasteiger charge is -2.38. The van der Waals surface area contributed by atoms with E-state index in [1.54, 1.807) is 32.2 Å². The molecule has 6 heteroatoms. The van der Waals surface area contributed by atoms with Crippen LogP contribution in [-0.2, 0) is 9.59 Å². The van der Waals surface area contributed by atoms with Crippen LogP contribution in [0.3, 0.4) is 0 Å². The summed E-state index contributed by atoms with van der Waals surface area (Å²) in [6.07, 6.45) is 0.870. The highest BCUT2D eigenvalue weighted by Gasteiger charge is 2.38. The zero-order valence-electron chi connectivity index (χ0n) is 15.8. The van der Waals surface area contributed by atoms with Gasteiger partial charge in [-0.25, -0.2) is 0 Å². The Kier molecular flexibility index (Phi) is 5.64. The molecule has 2 amide bonds. The van der Waals surface area contributed by atoms with Gasteiger partial charge in [-0.2, -0.15) is 0 Å². The van der Waals surface area contributed by atoms with Crippen LogP contribution in [0.4, 0.5) is 5.69 Å². The molecule has 3 rings (SSSR count). The number of carbonyl (C=O) groups excluding carboxylic acids is 2. The molecule has 1 fully saturated rings. The van der Waals surface area contributed by atoms with Crippen LogP contribution in [0.15, 0.2) is 48.5 Å². The van der Waals surface area contributed by atoms with E-state index in [0.717, 1.165) is 11.3 Å². The fraction of sp³-hybridized carbons (Fsp3) is 0.333. The average molecular weight is 368 g/mol. The zero-order chi connectivity index (χ0) is 19.4. The number of nitrogens with zero attached hydrogens (tertiary/aromatic N) is 1. The molecule has 2 aromatic carbocycles. The number of carbonyl (C=O) groups is 2. The molecule has 0 saturated carbocycles. The lowest BCUT2D eigenvalue weighted by Crippen LogP contribution is -2.44. The van der Waals surface area contributed by atoms with E-state index in [1.165, 1.54) is 0 Å². The summed E-state index contributed by atoms with van der Waals surface area (Å²) in [5.74, 6) is 1.01. The van der Waals surface area contributed by atoms with Gasteiger partial charge in [0.05, 0.1) is 26.2 Å². The Hall–Kier alpha value is -3.02. The van der Waals surface area contributed by atoms with Gasteiger partial charge in [-0.3, -0.25) is 9.59 Å². The number of hydrogen-bond donors (Lipinski definition) is 1. The second-order valence-corrected chi connectivity index (χ2v) is 6.59. The molecule has 0 aliphatic carbocycles. The first-order chi connectivity index (χ1) is 13.0. The number of likely N-dealkylation sites (tertiary alicyclic amines) is 1. The van der Waals surface area contributed by atoms with Gasteiger partial charge in [0.2, 0.25) is 11.8 Å². The second kappa shape index (κ2) is 8.12. The monoisotopic (exact) mass is 368 g/mol. The van der Waals surface area contributed by atoms with Gasteiger partial charge in [0.25, 0.3) is 0 Å². The molecule has 27 heavy (non-hydrogen) atoms. The Morgan fingerprint density at radius 2 is 1.78 bits per heavy atom. The van der Waals surface area contributed by atoms with Crippen molar-refractivity contribution in [2.75, 3.05) is 26.6 Å². The highest BCUT2D eigenvalue weighted by Crippen LogP contribution is 2.37. The Morgan fingerprint density at radius 3 is 2.44 bits per heavy atom. The number of methoxy groups -OCH3 is 2. The van der Waals surface area contributed by atoms with Crippen LogP contribution in [0.5, 0.6) is 11.5 Å². The minimum absolute atomic E-state index is 0.0428. The zero-order valence-corrected chi connectivity index (χ0v) is 15.8. The Labute approximate surface area is 159 Å². The van der Waals surface area contributed by atoms with Gasteiger partial charge >= 0.3 is 0 Å². The Bertz CT molecular complexity index is 819. The van der Waals surface area contributed by atoms with Crippen LogP contribution in [-0.4, -0.2) is 38.0 Å². The highest BCUT2D eigenvalue weighted by molar-refractivity contribution is 5.94. The number of amides is 2. The summed E-state index contributed by atoms with van der Waals surface area (Å²) in [6.45, 7) is 0. The first kappa shape index (κ1) is 18.8. The van der Waals surface area contributed by atoms with Crippen molar-refractivity contribution in [3.63, 3.8) is 0 Å². The van der Waals surface area contributed by atoms with Crippen molar-refractivity contribution in [2.24, 2.45) is 5.92 Å². The summed E-state index contributed by atoms with van der Waals surface area (Å²) >= 11 is 0. The Morgan fingerprint density at radius 1 is 1.07 bits per heavy atom. The van der Waals surface area contributed by atoms with Crippen molar-refractivity contribution < 1.29 is 19.1 Å². The molecule has 0 unspecified atom stereocenters. The molecule has 1 N–H and O–H groups in total. The van der Waals surface area contributed by atoms with E-state index in [9.17, 15) is 9.59 Å². The van der Waals surface area contributed by atoms with Crippen LogP contribution in [0.25, 0.3) is 0 Å². The molecule has 0 bridgehead atoms. The van der Waals surface area contributed by atoms with E-state index in [-0.39, 0.29) is 23.8 Å². The van der Waals surface area contributed by atoms with Crippen molar-refractivity contribution in [1.29, 1.82) is 0 Å². The van der Waals surface area contributed by atoms with E-state index in [2.05, 4.69) is 5.32 Å². The minimum atomic E-state index is -0.340. The number of benzene rings is 2. The standard InChI is InChI=1S/C21H24N2O4/c1-23-19(24)12-11-18(20(23)14-7-9-16(26-2)10-8-14)21(25)22-15-5-4-6-17(13-15)27-3/h4-10,13,18,20H,11-12H2,1-3H3,(H,22,25)/t18-,20-/m1/s1. The van der Waals surface area contributed by atoms with Gasteiger partial charge in [-0.1, -0.05) is 18.2 Å². The van der Waals surface area contributed by atoms with Crippen LogP contribution in [0.1, 0.15) is 24.4 Å². The van der Waals surface area contributed by atoms with Gasteiger partial charge in [0.1, 0.15) is 11.5 Å². The smallest absolute Gasteiger partial charge is 0.229 e. The number of hydrogen-bond acceptors (Lipinski definition) is 4. The van der Waals surface area contributed by atoms with Crippen LogP contribution in [0.2, 0.25) is 0 Å². The molecule has 1 aliphatic rings. The fourth-order valence-corrected chi connectivity index (χ4v) is 3.51. The molecule has 2 aromatic rings. The lowest BCUT2D eigenvalue weighted by molar-refractivity contribution is -0.140. The number of ether oxygens (including phenoxy) is 2. The summed E-state index contributed by atoms with van der Waals surface area (Å²) in [6, 6.07) is 14.4. The van der Waals surface area contributed by atoms with Crippen molar-refractivity contribution >= 4 is 17.5 Å². The van der Waals surface area contributed by atoms with Gasteiger partial charge in [-0.15, -0.1) is 0 Å². The predicted octanol–water partition coefficient (Wildman–Crippen LogP) is 3.25. The highest BCUT2D eigenvalue weighted by atomic mass is 16.5. The van der Waals surface area contributed by atoms with Crippen molar-refractivity contribution in [1.82, 2.24) is 4.90 Å². The van der Waals surface area contributed by atoms with Crippen LogP contribution >= 0.6 is 0 Å². The van der Waals surface area contributed by atoms with Gasteiger partial charge in [0, 0.05) is 25.2 Å². The summed E-state index contributed by atoms with van der Waals surface area (Å²) in [5, 5.41) is 2.96. The average Bonchev–Trinajstić information content (AvgIpc) is 2.70. The van der Waals surface area contributed by atoms with E-state index < -0.39 is 0 Å². The maximum Gasteiger partial charge on any atom is 0.229 e. The third kappa shape index (κ3) is 4.05. The molecule has 6 nitrogen and oxygen atoms in total. The predicted molar refractivity (Wildman–Crippen MR) is 103 cm³/mol. The van der Waals surface area contributed by atoms with E-state index in [0.29, 0.717) is 24.3 Å². The van der Waals surface area contributed by atoms with Gasteiger partial charge in [-0.05, 0) is 36.2 Å². The van der Waals surface area contributed by atoms with Crippen LogP contribution in [0, 0.1) is 5.92 Å². The summed E-state index contributed by atoms with van der Waals surface area (Å²) < 4.78 is 10.4. The quantitative estimate of drug-likeness (QED) is 0.880. The number of piperidine rings is 1. The van der Waals surface area contributed by atoms with E-state index in [1.807, 2.05) is 42.5 Å². The summed E-state index contributed by atoms with van der Waals surface area (Å²) in [7, 11) is 4.94. The lowest BCUT2D eigenvalue weighted by atomic mass is 9.84. The first-order valence-electron chi connectivity index (χ1n) is 8.88. The minimum Gasteiger partial charge on any atom is -0.497 e. The largest absolute Gasteiger partial charge is 0.497 e. The molecular weight excluding hydrogens is 344 g/mol. The fourth-order valence-electron chi connectivity index (χ4n) is 3.51. The number of rotatable bonds is 5. The summed E-state index contributed by atoms with van der Waals surface area (Å²) in [4.78, 5) is 26.9. The van der Waals surface area contributed by atoms with Crippen molar-refractivity contribution in [3.8, 4) is 11.5 Å². The van der Waals surface area contributed by atoms with Crippen molar-refractivity contribution in [3.05, 3.63) is 54.1 Å². The molecular formula is C21H24N2O4. The third-order valence-electron chi connectivity index (χ3n) is 4.99. The van der Waals surface area contributed by atoms with E-state index >= 15 is 0 Å². The SMILES string of the molecule is COc1ccc([C@@H]2[C@H](C(=O)Nc3cccc(OC)c3)CCC(=O)N2C)cc1. The number of anilines is 1. The molecule has 142 valence electrons. The topological polar surface area (TPSA) is 67.9 Å². The maximum absolute atomic E-state index is 13.0. The molecule has 0 aromatic heterocycles. The molecule has 1 aliphatic heterocycles. The Balaban J connectivity index is 1.85. The molecule has 0 radical (unpaired) electrons. The first-order valence-corrected chi connectivity index (χ1v) is 8.88. The maximum atomic E-state index is 13.0. The number of nitrogens with one attached hydrogen (secondary N) is 1. The van der Waals surface area contributed by atoms with E-state index in [4.69, 9.17) is 9.47 Å². The molecule has 2 atom stereocenters. The van der Waals surface area contributed by atoms with Crippen LogP contribution < -0.4 is 14.8 Å². The normalized spacial score (nSPS) is 19.5. The van der Waals surface area contributed by atoms with Crippen molar-refractivity contribution in [2.45, 2.75) is 18.9 Å². The van der Waals surface area contributed by atoms with Gasteiger partial charge in [0.15, 0.2) is 0 Å². The molecule has 1 saturated heterocycles. The molecule has 0 spiro atoms.